The highest BCUT2D eigenvalue weighted by molar-refractivity contribution is 7.98. The van der Waals surface area contributed by atoms with Crippen LogP contribution in [0.4, 0.5) is 13.2 Å². The van der Waals surface area contributed by atoms with Crippen LogP contribution in [0.2, 0.25) is 0 Å². The number of amides is 1. The molecular formula is C25H21F3N2OS. The van der Waals surface area contributed by atoms with E-state index in [0.29, 0.717) is 13.1 Å². The van der Waals surface area contributed by atoms with E-state index >= 15 is 0 Å². The maximum atomic E-state index is 12.9. The number of rotatable bonds is 7. The quantitative estimate of drug-likeness (QED) is 0.329. The van der Waals surface area contributed by atoms with Gasteiger partial charge in [0.1, 0.15) is 0 Å². The normalized spacial score (nSPS) is 11.6. The van der Waals surface area contributed by atoms with Crippen LogP contribution < -0.4 is 5.32 Å². The summed E-state index contributed by atoms with van der Waals surface area (Å²) in [5.74, 6) is 0.326. The number of alkyl halides is 3. The fourth-order valence-corrected chi connectivity index (χ4v) is 4.52. The minimum absolute atomic E-state index is 0.00343. The standard InChI is InChI=1S/C25H21F3N2OS/c26-25(27,28)20-10-6-9-19(15-20)24(31)29-13-14-30-16-23(21-11-4-5-12-22(21)30)32-17-18-7-2-1-3-8-18/h1-12,15-16H,13-14,17H2,(H,29,31). The van der Waals surface area contributed by atoms with E-state index in [1.165, 1.54) is 17.7 Å². The van der Waals surface area contributed by atoms with Crippen LogP contribution in [0.25, 0.3) is 10.9 Å². The van der Waals surface area contributed by atoms with Gasteiger partial charge < -0.3 is 9.88 Å². The molecule has 0 bridgehead atoms. The largest absolute Gasteiger partial charge is 0.416 e. The molecule has 0 unspecified atom stereocenters. The van der Waals surface area contributed by atoms with Gasteiger partial charge in [0.2, 0.25) is 0 Å². The summed E-state index contributed by atoms with van der Waals surface area (Å²) < 4.78 is 40.7. The number of carbonyl (C=O) groups excluding carboxylic acids is 1. The molecule has 7 heteroatoms. The monoisotopic (exact) mass is 454 g/mol. The molecule has 0 spiro atoms. The maximum Gasteiger partial charge on any atom is 0.416 e. The smallest absolute Gasteiger partial charge is 0.350 e. The van der Waals surface area contributed by atoms with Crippen LogP contribution in [0.3, 0.4) is 0 Å². The molecule has 32 heavy (non-hydrogen) atoms. The van der Waals surface area contributed by atoms with Crippen LogP contribution in [0.15, 0.2) is 90.0 Å². The fraction of sp³-hybridized carbons (Fsp3) is 0.160. The van der Waals surface area contributed by atoms with Gasteiger partial charge in [0.05, 0.1) is 5.56 Å². The first-order valence-corrected chi connectivity index (χ1v) is 11.1. The molecule has 0 radical (unpaired) electrons. The number of carbonyl (C=O) groups is 1. The highest BCUT2D eigenvalue weighted by Crippen LogP contribution is 2.32. The van der Waals surface area contributed by atoms with E-state index in [1.807, 2.05) is 36.4 Å². The molecular weight excluding hydrogens is 433 g/mol. The molecule has 1 amide bonds. The molecule has 4 aromatic rings. The molecule has 3 aromatic carbocycles. The van der Waals surface area contributed by atoms with Crippen molar-refractivity contribution in [3.05, 3.63) is 102 Å². The van der Waals surface area contributed by atoms with Crippen molar-refractivity contribution in [2.24, 2.45) is 0 Å². The number of para-hydroxylation sites is 1. The highest BCUT2D eigenvalue weighted by Gasteiger charge is 2.30. The minimum Gasteiger partial charge on any atom is -0.350 e. The van der Waals surface area contributed by atoms with Gasteiger partial charge in [-0.1, -0.05) is 54.6 Å². The SMILES string of the molecule is O=C(NCCn1cc(SCc2ccccc2)c2ccccc21)c1cccc(C(F)(F)F)c1. The zero-order valence-electron chi connectivity index (χ0n) is 17.1. The molecule has 0 saturated heterocycles. The van der Waals surface area contributed by atoms with Crippen molar-refractivity contribution in [3.63, 3.8) is 0 Å². The van der Waals surface area contributed by atoms with Crippen molar-refractivity contribution in [3.8, 4) is 0 Å². The Bertz CT molecular complexity index is 1220. The van der Waals surface area contributed by atoms with E-state index in [0.717, 1.165) is 33.7 Å². The van der Waals surface area contributed by atoms with E-state index in [1.54, 1.807) is 11.8 Å². The molecule has 0 saturated carbocycles. The molecule has 0 aliphatic rings. The molecule has 3 nitrogen and oxygen atoms in total. The predicted molar refractivity (Wildman–Crippen MR) is 122 cm³/mol. The Kier molecular flexibility index (Phi) is 6.55. The van der Waals surface area contributed by atoms with E-state index < -0.39 is 17.6 Å². The number of nitrogens with one attached hydrogen (secondary N) is 1. The number of nitrogens with zero attached hydrogens (tertiary/aromatic N) is 1. The summed E-state index contributed by atoms with van der Waals surface area (Å²) in [5.41, 5.74) is 1.46. The summed E-state index contributed by atoms with van der Waals surface area (Å²) in [6, 6.07) is 22.7. The molecule has 0 aliphatic heterocycles. The van der Waals surface area contributed by atoms with E-state index in [4.69, 9.17) is 0 Å². The Morgan fingerprint density at radius 2 is 1.69 bits per heavy atom. The van der Waals surface area contributed by atoms with Gasteiger partial charge in [-0.3, -0.25) is 4.79 Å². The van der Waals surface area contributed by atoms with Gasteiger partial charge >= 0.3 is 6.18 Å². The number of fused-ring (bicyclic) bond motifs is 1. The van der Waals surface area contributed by atoms with E-state index in [9.17, 15) is 18.0 Å². The second-order valence-electron chi connectivity index (χ2n) is 7.31. The lowest BCUT2D eigenvalue weighted by Crippen LogP contribution is -2.27. The summed E-state index contributed by atoms with van der Waals surface area (Å²) in [4.78, 5) is 13.5. The highest BCUT2D eigenvalue weighted by atomic mass is 32.2. The minimum atomic E-state index is -4.48. The van der Waals surface area contributed by atoms with E-state index in [2.05, 4.69) is 34.3 Å². The Balaban J connectivity index is 1.43. The van der Waals surface area contributed by atoms with Crippen LogP contribution in [-0.2, 0) is 18.5 Å². The molecule has 164 valence electrons. The number of benzene rings is 3. The summed E-state index contributed by atoms with van der Waals surface area (Å²) in [7, 11) is 0. The lowest BCUT2D eigenvalue weighted by Gasteiger charge is -2.10. The summed E-state index contributed by atoms with van der Waals surface area (Å²) >= 11 is 1.75. The molecule has 1 N–H and O–H groups in total. The number of aromatic nitrogens is 1. The number of hydrogen-bond donors (Lipinski definition) is 1. The van der Waals surface area contributed by atoms with E-state index in [-0.39, 0.29) is 5.56 Å². The third-order valence-corrected chi connectivity index (χ3v) is 6.19. The average molecular weight is 455 g/mol. The lowest BCUT2D eigenvalue weighted by molar-refractivity contribution is -0.137. The fourth-order valence-electron chi connectivity index (χ4n) is 3.48. The Morgan fingerprint density at radius 3 is 2.47 bits per heavy atom. The predicted octanol–water partition coefficient (Wildman–Crippen LogP) is 6.38. The summed E-state index contributed by atoms with van der Waals surface area (Å²) in [6.45, 7) is 0.813. The van der Waals surface area contributed by atoms with Gasteiger partial charge in [-0.2, -0.15) is 13.2 Å². The molecule has 1 heterocycles. The first-order valence-electron chi connectivity index (χ1n) is 10.1. The zero-order chi connectivity index (χ0) is 22.6. The van der Waals surface area contributed by atoms with Gasteiger partial charge in [-0.25, -0.2) is 0 Å². The summed E-state index contributed by atoms with van der Waals surface area (Å²) in [5, 5.41) is 3.86. The number of hydrogen-bond acceptors (Lipinski definition) is 2. The average Bonchev–Trinajstić information content (AvgIpc) is 3.15. The van der Waals surface area contributed by atoms with Crippen LogP contribution in [0.5, 0.6) is 0 Å². The van der Waals surface area contributed by atoms with Crippen molar-refractivity contribution >= 4 is 28.6 Å². The first-order chi connectivity index (χ1) is 15.4. The third-order valence-electron chi connectivity index (χ3n) is 5.08. The zero-order valence-corrected chi connectivity index (χ0v) is 17.9. The lowest BCUT2D eigenvalue weighted by atomic mass is 10.1. The molecule has 0 atom stereocenters. The van der Waals surface area contributed by atoms with Crippen LogP contribution in [-0.4, -0.2) is 17.0 Å². The van der Waals surface area contributed by atoms with Crippen LogP contribution >= 0.6 is 11.8 Å². The first kappa shape index (κ1) is 22.0. The molecule has 0 fully saturated rings. The van der Waals surface area contributed by atoms with Crippen molar-refractivity contribution in [1.82, 2.24) is 9.88 Å². The van der Waals surface area contributed by atoms with Gasteiger partial charge in [0.15, 0.2) is 0 Å². The van der Waals surface area contributed by atoms with Gasteiger partial charge in [0, 0.05) is 46.4 Å². The van der Waals surface area contributed by atoms with Crippen molar-refractivity contribution in [2.45, 2.75) is 23.4 Å². The van der Waals surface area contributed by atoms with Crippen molar-refractivity contribution in [1.29, 1.82) is 0 Å². The number of thioether (sulfide) groups is 1. The number of halogens is 3. The van der Waals surface area contributed by atoms with Crippen molar-refractivity contribution < 1.29 is 18.0 Å². The third kappa shape index (κ3) is 5.16. The van der Waals surface area contributed by atoms with Crippen LogP contribution in [0, 0.1) is 0 Å². The topological polar surface area (TPSA) is 34.0 Å². The second kappa shape index (κ2) is 9.53. The summed E-state index contributed by atoms with van der Waals surface area (Å²) in [6.07, 6.45) is -2.41. The van der Waals surface area contributed by atoms with Crippen molar-refractivity contribution in [2.75, 3.05) is 6.54 Å². The Hall–Kier alpha value is -3.19. The van der Waals surface area contributed by atoms with Crippen LogP contribution in [0.1, 0.15) is 21.5 Å². The molecule has 0 aliphatic carbocycles. The van der Waals surface area contributed by atoms with Gasteiger partial charge in [-0.15, -0.1) is 11.8 Å². The van der Waals surface area contributed by atoms with Gasteiger partial charge in [-0.05, 0) is 29.8 Å². The Labute approximate surface area is 188 Å². The Morgan fingerprint density at radius 1 is 0.938 bits per heavy atom. The molecule has 1 aromatic heterocycles. The van der Waals surface area contributed by atoms with Gasteiger partial charge in [0.25, 0.3) is 5.91 Å². The molecule has 4 rings (SSSR count). The second-order valence-corrected chi connectivity index (χ2v) is 8.33. The maximum absolute atomic E-state index is 12.9.